The molecule has 0 saturated carbocycles. The van der Waals surface area contributed by atoms with Gasteiger partial charge in [0.15, 0.2) is 0 Å². The van der Waals surface area contributed by atoms with Crippen LogP contribution in [-0.4, -0.2) is 30.4 Å². The average Bonchev–Trinajstić information content (AvgIpc) is 2.66. The number of hydrogen-bond acceptors (Lipinski definition) is 2. The predicted octanol–water partition coefficient (Wildman–Crippen LogP) is 8.10. The normalized spacial score (nSPS) is 12.6. The van der Waals surface area contributed by atoms with Crippen LogP contribution in [0.25, 0.3) is 0 Å². The van der Waals surface area contributed by atoms with Gasteiger partial charge in [-0.25, -0.2) is 0 Å². The van der Waals surface area contributed by atoms with Gasteiger partial charge >= 0.3 is 0 Å². The van der Waals surface area contributed by atoms with Gasteiger partial charge in [-0.05, 0) is 13.3 Å². The largest absolute Gasteiger partial charge is 0.379 e. The molecule has 0 bridgehead atoms. The zero-order valence-electron chi connectivity index (χ0n) is 17.9. The van der Waals surface area contributed by atoms with Crippen molar-refractivity contribution in [3.05, 3.63) is 0 Å². The third kappa shape index (κ3) is 21.0. The monoisotopic (exact) mass is 482 g/mol. The van der Waals surface area contributed by atoms with Crippen molar-refractivity contribution in [2.45, 2.75) is 123 Å². The van der Waals surface area contributed by atoms with Gasteiger partial charge in [0.1, 0.15) is 0 Å². The lowest BCUT2D eigenvalue weighted by Crippen LogP contribution is -2.21. The van der Waals surface area contributed by atoms with Crippen LogP contribution in [0, 0.1) is 0 Å². The summed E-state index contributed by atoms with van der Waals surface area (Å²) < 4.78 is 12.3. The van der Waals surface area contributed by atoms with Crippen LogP contribution in [0.1, 0.15) is 117 Å². The molecule has 3 heteroatoms. The summed E-state index contributed by atoms with van der Waals surface area (Å²) in [4.78, 5) is 0. The molecule has 0 aliphatic rings. The smallest absolute Gasteiger partial charge is 0.0897 e. The number of hydrogen-bond donors (Lipinski definition) is 0. The molecular formula is C23H47IO2. The second kappa shape index (κ2) is 23.7. The lowest BCUT2D eigenvalue weighted by molar-refractivity contribution is 0.00159. The summed E-state index contributed by atoms with van der Waals surface area (Å²) in [5, 5.41) is 0. The van der Waals surface area contributed by atoms with Gasteiger partial charge in [-0.1, -0.05) is 126 Å². The molecule has 2 nitrogen and oxygen atoms in total. The van der Waals surface area contributed by atoms with E-state index in [0.29, 0.717) is 0 Å². The van der Waals surface area contributed by atoms with Crippen LogP contribution >= 0.6 is 22.6 Å². The Balaban J connectivity index is 3.07. The number of rotatable bonds is 22. The van der Waals surface area contributed by atoms with E-state index in [4.69, 9.17) is 9.47 Å². The molecule has 0 aromatic rings. The highest BCUT2D eigenvalue weighted by molar-refractivity contribution is 14.1. The molecular weight excluding hydrogens is 435 g/mol. The van der Waals surface area contributed by atoms with E-state index in [1.807, 2.05) is 0 Å². The highest BCUT2D eigenvalue weighted by atomic mass is 127. The van der Waals surface area contributed by atoms with E-state index in [1.165, 1.54) is 103 Å². The number of unbranched alkanes of at least 4 members (excludes halogenated alkanes) is 15. The summed E-state index contributed by atoms with van der Waals surface area (Å²) in [6.07, 6.45) is 22.9. The van der Waals surface area contributed by atoms with E-state index in [-0.39, 0.29) is 6.10 Å². The fourth-order valence-corrected chi connectivity index (χ4v) is 3.85. The molecule has 158 valence electrons. The van der Waals surface area contributed by atoms with Gasteiger partial charge in [-0.3, -0.25) is 0 Å². The molecule has 0 aliphatic carbocycles. The minimum Gasteiger partial charge on any atom is -0.379 e. The summed E-state index contributed by atoms with van der Waals surface area (Å²) in [5.41, 5.74) is 0. The topological polar surface area (TPSA) is 18.5 Å². The molecule has 0 rings (SSSR count). The summed E-state index contributed by atoms with van der Waals surface area (Å²) >= 11 is 2.37. The SMILES string of the molecule is CCCCCCCCCCCCCCCCCCOCC(CI)OCC. The highest BCUT2D eigenvalue weighted by Crippen LogP contribution is 2.13. The molecule has 26 heavy (non-hydrogen) atoms. The Labute approximate surface area is 178 Å². The Hall–Kier alpha value is 0.650. The maximum absolute atomic E-state index is 5.73. The first kappa shape index (κ1) is 26.6. The van der Waals surface area contributed by atoms with Crippen molar-refractivity contribution in [2.75, 3.05) is 24.2 Å². The van der Waals surface area contributed by atoms with Crippen molar-refractivity contribution in [1.29, 1.82) is 0 Å². The Morgan fingerprint density at radius 3 is 1.42 bits per heavy atom. The minimum absolute atomic E-state index is 0.279. The van der Waals surface area contributed by atoms with Crippen LogP contribution in [-0.2, 0) is 9.47 Å². The molecule has 0 aromatic carbocycles. The van der Waals surface area contributed by atoms with Gasteiger partial charge in [-0.15, -0.1) is 0 Å². The fourth-order valence-electron chi connectivity index (χ4n) is 3.34. The van der Waals surface area contributed by atoms with Crippen LogP contribution in [0.5, 0.6) is 0 Å². The van der Waals surface area contributed by atoms with Gasteiger partial charge in [0.05, 0.1) is 12.7 Å². The van der Waals surface area contributed by atoms with Gasteiger partial charge in [-0.2, -0.15) is 0 Å². The third-order valence-corrected chi connectivity index (χ3v) is 6.00. The lowest BCUT2D eigenvalue weighted by atomic mass is 10.0. The second-order valence-electron chi connectivity index (χ2n) is 7.61. The molecule has 0 saturated heterocycles. The molecule has 0 spiro atoms. The van der Waals surface area contributed by atoms with Gasteiger partial charge in [0, 0.05) is 17.6 Å². The maximum atomic E-state index is 5.73. The quantitative estimate of drug-likeness (QED) is 0.0882. The summed E-state index contributed by atoms with van der Waals surface area (Å²) in [6, 6.07) is 0. The molecule has 0 amide bonds. The van der Waals surface area contributed by atoms with Gasteiger partial charge < -0.3 is 9.47 Å². The fraction of sp³-hybridized carbons (Fsp3) is 1.00. The first-order chi connectivity index (χ1) is 12.8. The highest BCUT2D eigenvalue weighted by Gasteiger charge is 2.05. The predicted molar refractivity (Wildman–Crippen MR) is 125 cm³/mol. The zero-order chi connectivity index (χ0) is 19.1. The second-order valence-corrected chi connectivity index (χ2v) is 8.49. The lowest BCUT2D eigenvalue weighted by Gasteiger charge is -2.14. The van der Waals surface area contributed by atoms with Crippen molar-refractivity contribution in [3.63, 3.8) is 0 Å². The van der Waals surface area contributed by atoms with E-state index in [2.05, 4.69) is 36.4 Å². The van der Waals surface area contributed by atoms with Crippen LogP contribution in [0.3, 0.4) is 0 Å². The van der Waals surface area contributed by atoms with Crippen molar-refractivity contribution in [2.24, 2.45) is 0 Å². The number of ether oxygens (including phenoxy) is 2. The van der Waals surface area contributed by atoms with Crippen LogP contribution in [0.2, 0.25) is 0 Å². The first-order valence-corrected chi connectivity index (χ1v) is 13.1. The van der Waals surface area contributed by atoms with Crippen molar-refractivity contribution >= 4 is 22.6 Å². The minimum atomic E-state index is 0.279. The summed E-state index contributed by atoms with van der Waals surface area (Å²) in [6.45, 7) is 6.79. The average molecular weight is 483 g/mol. The Bertz CT molecular complexity index is 248. The molecule has 0 aromatic heterocycles. The van der Waals surface area contributed by atoms with Crippen molar-refractivity contribution in [3.8, 4) is 0 Å². The van der Waals surface area contributed by atoms with Crippen LogP contribution < -0.4 is 0 Å². The van der Waals surface area contributed by atoms with Gasteiger partial charge in [0.2, 0.25) is 0 Å². The summed E-state index contributed by atoms with van der Waals surface area (Å²) in [7, 11) is 0. The molecule has 0 N–H and O–H groups in total. The molecule has 1 atom stereocenters. The van der Waals surface area contributed by atoms with E-state index >= 15 is 0 Å². The van der Waals surface area contributed by atoms with Crippen molar-refractivity contribution in [1.82, 2.24) is 0 Å². The van der Waals surface area contributed by atoms with Crippen molar-refractivity contribution < 1.29 is 9.47 Å². The standard InChI is InChI=1S/C23H47IO2/c1-3-5-6-7-8-9-10-11-12-13-14-15-16-17-18-19-20-25-22-23(21-24)26-4-2/h23H,3-22H2,1-2H3. The molecule has 0 fully saturated rings. The summed E-state index contributed by atoms with van der Waals surface area (Å²) in [5.74, 6) is 0. The van der Waals surface area contributed by atoms with Crippen LogP contribution in [0.15, 0.2) is 0 Å². The van der Waals surface area contributed by atoms with E-state index in [9.17, 15) is 0 Å². The van der Waals surface area contributed by atoms with E-state index < -0.39 is 0 Å². The maximum Gasteiger partial charge on any atom is 0.0897 e. The van der Waals surface area contributed by atoms with E-state index in [1.54, 1.807) is 0 Å². The molecule has 0 heterocycles. The molecule has 0 radical (unpaired) electrons. The molecule has 0 aliphatic heterocycles. The first-order valence-electron chi connectivity index (χ1n) is 11.6. The van der Waals surface area contributed by atoms with Crippen LogP contribution in [0.4, 0.5) is 0 Å². The Morgan fingerprint density at radius 2 is 1.04 bits per heavy atom. The number of alkyl halides is 1. The zero-order valence-corrected chi connectivity index (χ0v) is 20.1. The van der Waals surface area contributed by atoms with E-state index in [0.717, 1.165) is 24.2 Å². The van der Waals surface area contributed by atoms with Gasteiger partial charge in [0.25, 0.3) is 0 Å². The third-order valence-electron chi connectivity index (χ3n) is 5.02. The Kier molecular flexibility index (Phi) is 24.3. The molecule has 1 unspecified atom stereocenters. The Morgan fingerprint density at radius 1 is 0.615 bits per heavy atom. The number of halogens is 1.